The molecule has 0 aromatic heterocycles. The van der Waals surface area contributed by atoms with Crippen LogP contribution in [0, 0.1) is 11.3 Å². The van der Waals surface area contributed by atoms with E-state index in [4.69, 9.17) is 33.3 Å². The molecule has 1 aromatic rings. The lowest BCUT2D eigenvalue weighted by molar-refractivity contribution is -0.144. The molecule has 4 rings (SSSR count). The predicted molar refractivity (Wildman–Crippen MR) is 158 cm³/mol. The topological polar surface area (TPSA) is 89.3 Å². The minimum absolute atomic E-state index is 0.0909. The van der Waals surface area contributed by atoms with Crippen molar-refractivity contribution in [2.24, 2.45) is 0 Å². The Morgan fingerprint density at radius 3 is 2.40 bits per heavy atom. The van der Waals surface area contributed by atoms with Gasteiger partial charge in [0.1, 0.15) is 11.6 Å². The number of ether oxygens (including phenoxy) is 2. The summed E-state index contributed by atoms with van der Waals surface area (Å²) in [5.74, 6) is -0.285. The van der Waals surface area contributed by atoms with Crippen LogP contribution in [-0.4, -0.2) is 101 Å². The number of rotatable bonds is 8. The number of carbonyl (C=O) groups is 2. The Balaban J connectivity index is 1.28. The summed E-state index contributed by atoms with van der Waals surface area (Å²) in [6.07, 6.45) is 3.80. The Morgan fingerprint density at radius 2 is 1.82 bits per heavy atom. The predicted octanol–water partition coefficient (Wildman–Crippen LogP) is 3.82. The van der Waals surface area contributed by atoms with Crippen molar-refractivity contribution in [2.75, 3.05) is 44.8 Å². The summed E-state index contributed by atoms with van der Waals surface area (Å²) in [6, 6.07) is 7.72. The van der Waals surface area contributed by atoms with Crippen LogP contribution in [0.3, 0.4) is 0 Å². The molecule has 2 saturated heterocycles. The molecule has 1 saturated carbocycles. The van der Waals surface area contributed by atoms with Gasteiger partial charge in [0.05, 0.1) is 42.6 Å². The Labute approximate surface area is 247 Å². The van der Waals surface area contributed by atoms with Crippen LogP contribution < -0.4 is 4.90 Å². The summed E-state index contributed by atoms with van der Waals surface area (Å²) in [4.78, 5) is 33.5. The maximum Gasteiger partial charge on any atom is 0.319 e. The van der Waals surface area contributed by atoms with E-state index in [0.717, 1.165) is 45.3 Å². The summed E-state index contributed by atoms with van der Waals surface area (Å²) in [5.41, 5.74) is 0.169. The SMILES string of the molecule is COC(=O)CN1[C@H](C)CN(CCOC2CCC(N3C(=S)N(c4ccc(C#N)c(Cl)c4)C(=O)C3(C)C)CC2)C[C@@H]1C. The Morgan fingerprint density at radius 1 is 1.18 bits per heavy atom. The second kappa shape index (κ2) is 12.7. The summed E-state index contributed by atoms with van der Waals surface area (Å²) in [5, 5.41) is 9.99. The van der Waals surface area contributed by atoms with Crippen LogP contribution in [0.2, 0.25) is 5.02 Å². The summed E-state index contributed by atoms with van der Waals surface area (Å²) >= 11 is 12.1. The average molecular weight is 590 g/mol. The summed E-state index contributed by atoms with van der Waals surface area (Å²) in [7, 11) is 1.43. The Hall–Kier alpha value is -2.29. The molecule has 0 radical (unpaired) electrons. The number of nitriles is 1. The molecule has 3 fully saturated rings. The van der Waals surface area contributed by atoms with Gasteiger partial charge in [0.15, 0.2) is 5.11 Å². The van der Waals surface area contributed by atoms with Gasteiger partial charge in [-0.3, -0.25) is 24.3 Å². The van der Waals surface area contributed by atoms with Gasteiger partial charge in [-0.15, -0.1) is 0 Å². The van der Waals surface area contributed by atoms with E-state index in [9.17, 15) is 14.9 Å². The largest absolute Gasteiger partial charge is 0.468 e. The first-order valence-corrected chi connectivity index (χ1v) is 14.8. The molecule has 9 nitrogen and oxygen atoms in total. The van der Waals surface area contributed by atoms with E-state index in [1.807, 2.05) is 13.8 Å². The fourth-order valence-electron chi connectivity index (χ4n) is 6.38. The zero-order valence-corrected chi connectivity index (χ0v) is 25.6. The van der Waals surface area contributed by atoms with Gasteiger partial charge < -0.3 is 14.4 Å². The van der Waals surface area contributed by atoms with E-state index in [2.05, 4.69) is 34.6 Å². The Kier molecular flexibility index (Phi) is 9.74. The lowest BCUT2D eigenvalue weighted by atomic mass is 9.89. The number of thiocarbonyl (C=S) groups is 1. The number of hydrogen-bond donors (Lipinski definition) is 0. The van der Waals surface area contributed by atoms with Crippen LogP contribution in [0.5, 0.6) is 0 Å². The molecule has 2 aliphatic heterocycles. The molecular weight excluding hydrogens is 550 g/mol. The maximum atomic E-state index is 13.5. The minimum atomic E-state index is -0.779. The first kappa shape index (κ1) is 30.7. The molecule has 2 heterocycles. The van der Waals surface area contributed by atoms with E-state index in [0.29, 0.717) is 34.5 Å². The molecule has 218 valence electrons. The maximum absolute atomic E-state index is 13.5. The van der Waals surface area contributed by atoms with Crippen molar-refractivity contribution in [1.29, 1.82) is 5.26 Å². The zero-order valence-electron chi connectivity index (χ0n) is 24.1. The number of nitrogens with zero attached hydrogens (tertiary/aromatic N) is 5. The summed E-state index contributed by atoms with van der Waals surface area (Å²) < 4.78 is 11.2. The van der Waals surface area contributed by atoms with Gasteiger partial charge in [0, 0.05) is 37.8 Å². The molecular formula is C29H40ClN5O4S. The van der Waals surface area contributed by atoms with E-state index in [1.54, 1.807) is 23.1 Å². The molecule has 11 heteroatoms. The number of halogens is 1. The van der Waals surface area contributed by atoms with Crippen molar-refractivity contribution >= 4 is 46.5 Å². The quantitative estimate of drug-likeness (QED) is 0.332. The van der Waals surface area contributed by atoms with Crippen molar-refractivity contribution in [2.45, 2.75) is 83.1 Å². The number of anilines is 1. The first-order valence-electron chi connectivity index (χ1n) is 14.0. The molecule has 0 N–H and O–H groups in total. The van der Waals surface area contributed by atoms with E-state index in [-0.39, 0.29) is 36.1 Å². The second-order valence-corrected chi connectivity index (χ2v) is 12.4. The van der Waals surface area contributed by atoms with Gasteiger partial charge in [-0.2, -0.15) is 5.26 Å². The van der Waals surface area contributed by atoms with Gasteiger partial charge in [0.25, 0.3) is 5.91 Å². The third-order valence-electron chi connectivity index (χ3n) is 8.54. The molecule has 0 spiro atoms. The number of benzene rings is 1. The fraction of sp³-hybridized carbons (Fsp3) is 0.655. The summed E-state index contributed by atoms with van der Waals surface area (Å²) in [6.45, 7) is 11.8. The van der Waals surface area contributed by atoms with Crippen LogP contribution in [0.1, 0.15) is 58.9 Å². The highest BCUT2D eigenvalue weighted by Crippen LogP contribution is 2.39. The fourth-order valence-corrected chi connectivity index (χ4v) is 7.16. The monoisotopic (exact) mass is 589 g/mol. The molecule has 1 aromatic carbocycles. The number of hydrogen-bond acceptors (Lipinski definition) is 8. The molecule has 0 bridgehead atoms. The van der Waals surface area contributed by atoms with Crippen molar-refractivity contribution in [3.63, 3.8) is 0 Å². The van der Waals surface area contributed by atoms with Crippen molar-refractivity contribution in [3.8, 4) is 6.07 Å². The molecule has 40 heavy (non-hydrogen) atoms. The minimum Gasteiger partial charge on any atom is -0.468 e. The number of esters is 1. The Bertz CT molecular complexity index is 1150. The van der Waals surface area contributed by atoms with Gasteiger partial charge in [-0.05, 0) is 83.8 Å². The van der Waals surface area contributed by atoms with Crippen LogP contribution in [0.4, 0.5) is 5.69 Å². The van der Waals surface area contributed by atoms with E-state index >= 15 is 0 Å². The standard InChI is InChI=1S/C29H40ClN5O4S/c1-19-16-32(17-20(2)33(19)18-26(36)38-5)12-13-39-24-10-8-22(9-11-24)35-28(40)34(27(37)29(35,3)4)23-7-6-21(15-31)25(30)14-23/h6-7,14,19-20,22,24H,8-13,16-18H2,1-5H3/t19-,20+,22?,24?. The average Bonchev–Trinajstić information content (AvgIpc) is 3.09. The second-order valence-electron chi connectivity index (χ2n) is 11.6. The third-order valence-corrected chi connectivity index (χ3v) is 9.24. The van der Waals surface area contributed by atoms with Crippen LogP contribution in [0.25, 0.3) is 0 Å². The lowest BCUT2D eigenvalue weighted by Crippen LogP contribution is -2.58. The highest BCUT2D eigenvalue weighted by Gasteiger charge is 2.52. The zero-order chi connectivity index (χ0) is 29.2. The molecule has 3 aliphatic rings. The first-order chi connectivity index (χ1) is 19.0. The van der Waals surface area contributed by atoms with E-state index in [1.165, 1.54) is 7.11 Å². The van der Waals surface area contributed by atoms with Gasteiger partial charge in [-0.25, -0.2) is 0 Å². The number of carbonyl (C=O) groups excluding carboxylic acids is 2. The number of amides is 1. The van der Waals surface area contributed by atoms with Gasteiger partial charge in [0.2, 0.25) is 0 Å². The number of piperazine rings is 1. The van der Waals surface area contributed by atoms with Crippen molar-refractivity contribution in [3.05, 3.63) is 28.8 Å². The highest BCUT2D eigenvalue weighted by atomic mass is 35.5. The van der Waals surface area contributed by atoms with E-state index < -0.39 is 5.54 Å². The molecule has 2 atom stereocenters. The van der Waals surface area contributed by atoms with Crippen LogP contribution in [-0.2, 0) is 19.1 Å². The molecule has 0 unspecified atom stereocenters. The smallest absolute Gasteiger partial charge is 0.319 e. The van der Waals surface area contributed by atoms with Crippen LogP contribution in [0.15, 0.2) is 18.2 Å². The van der Waals surface area contributed by atoms with Crippen LogP contribution >= 0.6 is 23.8 Å². The van der Waals surface area contributed by atoms with Crippen molar-refractivity contribution in [1.82, 2.24) is 14.7 Å². The van der Waals surface area contributed by atoms with Crippen molar-refractivity contribution < 1.29 is 19.1 Å². The number of methoxy groups -OCH3 is 1. The molecule has 1 aliphatic carbocycles. The normalized spacial score (nSPS) is 27.6. The van der Waals surface area contributed by atoms with Gasteiger partial charge >= 0.3 is 5.97 Å². The molecule has 1 amide bonds. The van der Waals surface area contributed by atoms with Gasteiger partial charge in [-0.1, -0.05) is 11.6 Å². The lowest BCUT2D eigenvalue weighted by Gasteiger charge is -2.44. The highest BCUT2D eigenvalue weighted by molar-refractivity contribution is 7.80. The third kappa shape index (κ3) is 6.29.